The Morgan fingerprint density at radius 3 is 2.81 bits per heavy atom. The molecule has 2 unspecified atom stereocenters. The van der Waals surface area contributed by atoms with Crippen LogP contribution in [0.2, 0.25) is 5.15 Å². The lowest BCUT2D eigenvalue weighted by Crippen LogP contribution is -2.40. The molecule has 1 aliphatic heterocycles. The van der Waals surface area contributed by atoms with Crippen LogP contribution in [0.5, 0.6) is 11.5 Å². The molecule has 2 aromatic rings. The van der Waals surface area contributed by atoms with Crippen molar-refractivity contribution < 1.29 is 14.6 Å². The first-order chi connectivity index (χ1) is 10.1. The predicted molar refractivity (Wildman–Crippen MR) is 79.0 cm³/mol. The highest BCUT2D eigenvalue weighted by molar-refractivity contribution is 6.30. The Morgan fingerprint density at radius 2 is 2.14 bits per heavy atom. The van der Waals surface area contributed by atoms with Crippen molar-refractivity contribution in [2.45, 2.75) is 25.6 Å². The number of aliphatic hydroxyl groups excluding tert-OH is 1. The van der Waals surface area contributed by atoms with Gasteiger partial charge in [0.15, 0.2) is 17.6 Å². The lowest BCUT2D eigenvalue weighted by molar-refractivity contribution is -0.00946. The van der Waals surface area contributed by atoms with Crippen molar-refractivity contribution in [1.29, 1.82) is 0 Å². The van der Waals surface area contributed by atoms with Crippen molar-refractivity contribution in [2.75, 3.05) is 6.61 Å². The van der Waals surface area contributed by atoms with Crippen molar-refractivity contribution in [3.05, 3.63) is 40.7 Å². The van der Waals surface area contributed by atoms with Gasteiger partial charge in [0.25, 0.3) is 0 Å². The van der Waals surface area contributed by atoms with Gasteiger partial charge in [0.05, 0.1) is 11.8 Å². The Morgan fingerprint density at radius 1 is 1.43 bits per heavy atom. The first-order valence-corrected chi connectivity index (χ1v) is 7.18. The van der Waals surface area contributed by atoms with Gasteiger partial charge in [-0.05, 0) is 19.1 Å². The second-order valence-electron chi connectivity index (χ2n) is 5.16. The minimum atomic E-state index is -0.709. The summed E-state index contributed by atoms with van der Waals surface area (Å²) in [5, 5.41) is 15.2. The van der Waals surface area contributed by atoms with Gasteiger partial charge in [0.2, 0.25) is 0 Å². The van der Waals surface area contributed by atoms with Crippen LogP contribution in [-0.4, -0.2) is 33.7 Å². The minimum Gasteiger partial charge on any atom is -0.486 e. The van der Waals surface area contributed by atoms with Crippen LogP contribution in [0.25, 0.3) is 0 Å². The van der Waals surface area contributed by atoms with E-state index in [0.29, 0.717) is 29.7 Å². The summed E-state index contributed by atoms with van der Waals surface area (Å²) in [7, 11) is 1.78. The maximum absolute atomic E-state index is 10.4. The van der Waals surface area contributed by atoms with E-state index in [9.17, 15) is 5.11 Å². The second kappa shape index (κ2) is 5.58. The Labute approximate surface area is 128 Å². The lowest BCUT2D eigenvalue weighted by atomic mass is 10.0. The molecular formula is C15H17ClN2O3. The minimum absolute atomic E-state index is 0.315. The van der Waals surface area contributed by atoms with E-state index in [1.165, 1.54) is 0 Å². The number of aromatic nitrogens is 2. The normalized spacial score (nSPS) is 18.6. The Kier molecular flexibility index (Phi) is 3.78. The van der Waals surface area contributed by atoms with Gasteiger partial charge in [0, 0.05) is 19.0 Å². The van der Waals surface area contributed by atoms with E-state index in [2.05, 4.69) is 5.10 Å². The molecule has 1 N–H and O–H groups in total. The number of halogens is 1. The highest BCUT2D eigenvalue weighted by atomic mass is 35.5. The predicted octanol–water partition coefficient (Wildman–Crippen LogP) is 2.13. The summed E-state index contributed by atoms with van der Waals surface area (Å²) < 4.78 is 13.0. The van der Waals surface area contributed by atoms with E-state index in [1.54, 1.807) is 11.7 Å². The fourth-order valence-electron chi connectivity index (χ4n) is 2.47. The molecule has 3 rings (SSSR count). The number of benzene rings is 1. The summed E-state index contributed by atoms with van der Waals surface area (Å²) >= 11 is 6.20. The molecule has 0 fully saturated rings. The molecule has 0 saturated heterocycles. The van der Waals surface area contributed by atoms with Crippen molar-refractivity contribution >= 4 is 11.6 Å². The van der Waals surface area contributed by atoms with Gasteiger partial charge in [0.1, 0.15) is 11.8 Å². The zero-order valence-electron chi connectivity index (χ0n) is 11.9. The monoisotopic (exact) mass is 308 g/mol. The molecule has 0 bridgehead atoms. The number of aryl methyl sites for hydroxylation is 2. The molecule has 6 heteroatoms. The number of fused-ring (bicyclic) bond motifs is 1. The molecule has 5 nitrogen and oxygen atoms in total. The zero-order chi connectivity index (χ0) is 15.0. The molecule has 0 aliphatic carbocycles. The molecule has 0 amide bonds. The van der Waals surface area contributed by atoms with Crippen molar-refractivity contribution in [1.82, 2.24) is 9.78 Å². The van der Waals surface area contributed by atoms with Gasteiger partial charge in [-0.15, -0.1) is 0 Å². The summed E-state index contributed by atoms with van der Waals surface area (Å²) in [5.41, 5.74) is 1.66. The molecule has 0 radical (unpaired) electrons. The molecule has 1 aromatic carbocycles. The van der Waals surface area contributed by atoms with Crippen LogP contribution in [-0.2, 0) is 13.5 Å². The summed E-state index contributed by atoms with van der Waals surface area (Å²) in [6.45, 7) is 2.19. The smallest absolute Gasteiger partial charge is 0.161 e. The molecule has 0 saturated carbocycles. The van der Waals surface area contributed by atoms with Gasteiger partial charge in [-0.25, -0.2) is 0 Å². The first-order valence-electron chi connectivity index (χ1n) is 6.80. The number of nitrogens with zero attached hydrogens (tertiary/aromatic N) is 2. The molecule has 1 aliphatic rings. The average molecular weight is 309 g/mol. The zero-order valence-corrected chi connectivity index (χ0v) is 12.7. The fraction of sp³-hybridized carbons (Fsp3) is 0.400. The molecule has 0 spiro atoms. The maximum Gasteiger partial charge on any atom is 0.161 e. The van der Waals surface area contributed by atoms with E-state index in [0.717, 1.165) is 11.3 Å². The SMILES string of the molecule is Cc1nn(C)c(Cl)c1CC(O)C1COc2ccccc2O1. The average Bonchev–Trinajstić information content (AvgIpc) is 2.73. The van der Waals surface area contributed by atoms with E-state index < -0.39 is 12.2 Å². The lowest BCUT2D eigenvalue weighted by Gasteiger charge is -2.29. The molecule has 112 valence electrons. The molecule has 2 heterocycles. The Balaban J connectivity index is 1.73. The van der Waals surface area contributed by atoms with Crippen LogP contribution in [0.15, 0.2) is 24.3 Å². The summed E-state index contributed by atoms with van der Waals surface area (Å²) in [6, 6.07) is 7.44. The molecular weight excluding hydrogens is 292 g/mol. The van der Waals surface area contributed by atoms with Gasteiger partial charge in [-0.1, -0.05) is 23.7 Å². The highest BCUT2D eigenvalue weighted by Gasteiger charge is 2.29. The van der Waals surface area contributed by atoms with Crippen LogP contribution in [0.1, 0.15) is 11.3 Å². The van der Waals surface area contributed by atoms with Crippen molar-refractivity contribution in [3.63, 3.8) is 0 Å². The summed E-state index contributed by atoms with van der Waals surface area (Å²) in [6.07, 6.45) is -0.747. The van der Waals surface area contributed by atoms with Gasteiger partial charge < -0.3 is 14.6 Å². The molecule has 21 heavy (non-hydrogen) atoms. The van der Waals surface area contributed by atoms with Gasteiger partial charge in [-0.3, -0.25) is 4.68 Å². The fourth-order valence-corrected chi connectivity index (χ4v) is 2.72. The van der Waals surface area contributed by atoms with E-state index >= 15 is 0 Å². The summed E-state index contributed by atoms with van der Waals surface area (Å²) in [5.74, 6) is 1.36. The summed E-state index contributed by atoms with van der Waals surface area (Å²) in [4.78, 5) is 0. The van der Waals surface area contributed by atoms with Crippen LogP contribution in [0, 0.1) is 6.92 Å². The number of para-hydroxylation sites is 2. The maximum atomic E-state index is 10.4. The Hall–Kier alpha value is -1.72. The standard InChI is InChI=1S/C15H17ClN2O3/c1-9-10(15(16)18(2)17-9)7-11(19)14-8-20-12-5-3-4-6-13(12)21-14/h3-6,11,14,19H,7-8H2,1-2H3. The van der Waals surface area contributed by atoms with Crippen molar-refractivity contribution in [3.8, 4) is 11.5 Å². The van der Waals surface area contributed by atoms with Gasteiger partial charge >= 0.3 is 0 Å². The van der Waals surface area contributed by atoms with E-state index in [-0.39, 0.29) is 0 Å². The van der Waals surface area contributed by atoms with Crippen LogP contribution in [0.3, 0.4) is 0 Å². The quantitative estimate of drug-likeness (QED) is 0.943. The number of ether oxygens (including phenoxy) is 2. The third-order valence-corrected chi connectivity index (χ3v) is 4.12. The number of rotatable bonds is 3. The largest absolute Gasteiger partial charge is 0.486 e. The van der Waals surface area contributed by atoms with Crippen LogP contribution >= 0.6 is 11.6 Å². The number of hydrogen-bond donors (Lipinski definition) is 1. The topological polar surface area (TPSA) is 56.5 Å². The van der Waals surface area contributed by atoms with E-state index in [1.807, 2.05) is 31.2 Å². The molecule has 2 atom stereocenters. The Bertz CT molecular complexity index is 656. The number of aliphatic hydroxyl groups is 1. The second-order valence-corrected chi connectivity index (χ2v) is 5.52. The highest BCUT2D eigenvalue weighted by Crippen LogP contribution is 2.32. The number of hydrogen-bond acceptors (Lipinski definition) is 4. The molecule has 1 aromatic heterocycles. The third-order valence-electron chi connectivity index (χ3n) is 3.64. The third kappa shape index (κ3) is 2.71. The van der Waals surface area contributed by atoms with Crippen molar-refractivity contribution in [2.24, 2.45) is 7.05 Å². The van der Waals surface area contributed by atoms with Crippen LogP contribution in [0.4, 0.5) is 0 Å². The van der Waals surface area contributed by atoms with E-state index in [4.69, 9.17) is 21.1 Å². The van der Waals surface area contributed by atoms with Gasteiger partial charge in [-0.2, -0.15) is 5.10 Å². The first kappa shape index (κ1) is 14.2. The van der Waals surface area contributed by atoms with Crippen LogP contribution < -0.4 is 9.47 Å².